The number of hydrogen-bond donors (Lipinski definition) is 0. The lowest BCUT2D eigenvalue weighted by atomic mass is 10.3. The van der Waals surface area contributed by atoms with E-state index in [1.54, 1.807) is 0 Å². The van der Waals surface area contributed by atoms with Gasteiger partial charge in [-0.15, -0.1) is 11.3 Å². The lowest BCUT2D eigenvalue weighted by Gasteiger charge is -1.98. The summed E-state index contributed by atoms with van der Waals surface area (Å²) in [7, 11) is -2.92. The van der Waals surface area contributed by atoms with Crippen molar-refractivity contribution in [2.45, 2.75) is 13.3 Å². The van der Waals surface area contributed by atoms with Gasteiger partial charge in [-0.2, -0.15) is 11.8 Å². The maximum atomic E-state index is 11.7. The molecule has 1 rings (SSSR count). The molecule has 0 aliphatic heterocycles. The Morgan fingerprint density at radius 1 is 1.41 bits per heavy atom. The van der Waals surface area contributed by atoms with Crippen LogP contribution in [0.25, 0.3) is 0 Å². The molecule has 0 fully saturated rings. The third-order valence-electron chi connectivity index (χ3n) is 2.12. The summed E-state index contributed by atoms with van der Waals surface area (Å²) in [5, 5.41) is 0. The summed E-state index contributed by atoms with van der Waals surface area (Å²) in [6, 6.07) is 3.82. The number of thioether (sulfide) groups is 1. The highest BCUT2D eigenvalue weighted by molar-refractivity contribution is 8.01. The molecule has 6 heteroatoms. The first-order chi connectivity index (χ1) is 7.92. The summed E-state index contributed by atoms with van der Waals surface area (Å²) >= 11 is 2.90. The standard InChI is InChI=1S/C11H16O3S3/c1-3-9-4-5-11(16-9)10(12)8-15-6-7-17(2,13)14/h4-5H,3,6-8H2,1-2H3. The van der Waals surface area contributed by atoms with Crippen molar-refractivity contribution in [3.05, 3.63) is 21.9 Å². The average molecular weight is 292 g/mol. The fraction of sp³-hybridized carbons (Fsp3) is 0.545. The van der Waals surface area contributed by atoms with Crippen molar-refractivity contribution in [2.24, 2.45) is 0 Å². The lowest BCUT2D eigenvalue weighted by Crippen LogP contribution is -2.07. The van der Waals surface area contributed by atoms with Crippen molar-refractivity contribution in [3.63, 3.8) is 0 Å². The minimum absolute atomic E-state index is 0.0909. The van der Waals surface area contributed by atoms with Gasteiger partial charge in [-0.3, -0.25) is 4.79 Å². The first-order valence-electron chi connectivity index (χ1n) is 5.29. The topological polar surface area (TPSA) is 51.2 Å². The molecule has 0 atom stereocenters. The van der Waals surface area contributed by atoms with Crippen molar-refractivity contribution in [1.82, 2.24) is 0 Å². The van der Waals surface area contributed by atoms with E-state index < -0.39 is 9.84 Å². The second-order valence-corrected chi connectivity index (χ2v) is 8.26. The highest BCUT2D eigenvalue weighted by Crippen LogP contribution is 2.19. The van der Waals surface area contributed by atoms with Gasteiger partial charge in [0, 0.05) is 16.9 Å². The molecule has 0 saturated carbocycles. The van der Waals surface area contributed by atoms with Gasteiger partial charge < -0.3 is 0 Å². The molecule has 1 heterocycles. The van der Waals surface area contributed by atoms with Crippen LogP contribution >= 0.6 is 23.1 Å². The number of aryl methyl sites for hydroxylation is 1. The molecule has 0 N–H and O–H groups in total. The molecular formula is C11H16O3S3. The SMILES string of the molecule is CCc1ccc(C(=O)CSCCS(C)(=O)=O)s1. The molecule has 96 valence electrons. The van der Waals surface area contributed by atoms with E-state index in [9.17, 15) is 13.2 Å². The van der Waals surface area contributed by atoms with E-state index in [-0.39, 0.29) is 11.5 Å². The van der Waals surface area contributed by atoms with E-state index in [1.807, 2.05) is 12.1 Å². The maximum absolute atomic E-state index is 11.7. The van der Waals surface area contributed by atoms with Crippen LogP contribution in [0, 0.1) is 0 Å². The van der Waals surface area contributed by atoms with Gasteiger partial charge >= 0.3 is 0 Å². The Bertz CT molecular complexity index is 474. The molecular weight excluding hydrogens is 276 g/mol. The molecule has 0 aliphatic carbocycles. The summed E-state index contributed by atoms with van der Waals surface area (Å²) in [5.74, 6) is 1.07. The van der Waals surface area contributed by atoms with Crippen LogP contribution in [0.15, 0.2) is 12.1 Å². The molecule has 0 unspecified atom stereocenters. The zero-order valence-electron chi connectivity index (χ0n) is 9.93. The lowest BCUT2D eigenvalue weighted by molar-refractivity contribution is 0.102. The molecule has 0 aromatic carbocycles. The number of carbonyl (C=O) groups excluding carboxylic acids is 1. The van der Waals surface area contributed by atoms with Gasteiger partial charge in [-0.25, -0.2) is 8.42 Å². The van der Waals surface area contributed by atoms with Gasteiger partial charge in [0.1, 0.15) is 9.84 Å². The molecule has 0 spiro atoms. The predicted molar refractivity (Wildman–Crippen MR) is 75.1 cm³/mol. The Hall–Kier alpha value is -0.330. The summed E-state index contributed by atoms with van der Waals surface area (Å²) in [4.78, 5) is 13.7. The van der Waals surface area contributed by atoms with Gasteiger partial charge in [0.2, 0.25) is 0 Å². The minimum atomic E-state index is -2.92. The molecule has 1 aromatic heterocycles. The number of ketones is 1. The van der Waals surface area contributed by atoms with Crippen LogP contribution in [0.5, 0.6) is 0 Å². The normalized spacial score (nSPS) is 11.6. The Morgan fingerprint density at radius 3 is 2.65 bits per heavy atom. The van der Waals surface area contributed by atoms with E-state index in [2.05, 4.69) is 6.92 Å². The summed E-state index contributed by atoms with van der Waals surface area (Å²) in [6.45, 7) is 2.06. The first kappa shape index (κ1) is 14.7. The third kappa shape index (κ3) is 5.70. The highest BCUT2D eigenvalue weighted by atomic mass is 32.2. The molecule has 1 aromatic rings. The van der Waals surface area contributed by atoms with Crippen molar-refractivity contribution in [1.29, 1.82) is 0 Å². The molecule has 17 heavy (non-hydrogen) atoms. The second-order valence-electron chi connectivity index (χ2n) is 3.73. The number of sulfone groups is 1. The first-order valence-corrected chi connectivity index (χ1v) is 9.33. The van der Waals surface area contributed by atoms with Crippen LogP contribution in [-0.2, 0) is 16.3 Å². The van der Waals surface area contributed by atoms with Gasteiger partial charge in [0.25, 0.3) is 0 Å². The third-order valence-corrected chi connectivity index (χ3v) is 5.55. The van der Waals surface area contributed by atoms with Crippen LogP contribution in [0.1, 0.15) is 21.5 Å². The molecule has 0 aliphatic rings. The van der Waals surface area contributed by atoms with E-state index >= 15 is 0 Å². The predicted octanol–water partition coefficient (Wildman–Crippen LogP) is 2.27. The number of rotatable bonds is 7. The van der Waals surface area contributed by atoms with Crippen molar-refractivity contribution < 1.29 is 13.2 Å². The Morgan fingerprint density at radius 2 is 2.12 bits per heavy atom. The zero-order valence-corrected chi connectivity index (χ0v) is 12.4. The Kier molecular flexibility index (Phi) is 5.69. The van der Waals surface area contributed by atoms with E-state index in [0.29, 0.717) is 11.5 Å². The molecule has 0 amide bonds. The van der Waals surface area contributed by atoms with Gasteiger partial charge in [-0.1, -0.05) is 6.92 Å². The summed E-state index contributed by atoms with van der Waals surface area (Å²) in [6.07, 6.45) is 2.15. The van der Waals surface area contributed by atoms with Crippen LogP contribution in [0.4, 0.5) is 0 Å². The molecule has 3 nitrogen and oxygen atoms in total. The largest absolute Gasteiger partial charge is 0.292 e. The monoisotopic (exact) mass is 292 g/mol. The van der Waals surface area contributed by atoms with E-state index in [1.165, 1.54) is 34.2 Å². The fourth-order valence-electron chi connectivity index (χ4n) is 1.16. The van der Waals surface area contributed by atoms with Crippen molar-refractivity contribution in [2.75, 3.05) is 23.5 Å². The quantitative estimate of drug-likeness (QED) is 0.571. The van der Waals surface area contributed by atoms with Crippen molar-refractivity contribution in [3.8, 4) is 0 Å². The van der Waals surface area contributed by atoms with Crippen LogP contribution < -0.4 is 0 Å². The molecule has 0 bridgehead atoms. The zero-order chi connectivity index (χ0) is 12.9. The van der Waals surface area contributed by atoms with Gasteiger partial charge in [-0.05, 0) is 18.6 Å². The van der Waals surface area contributed by atoms with Crippen LogP contribution in [-0.4, -0.2) is 37.7 Å². The molecule has 0 saturated heterocycles. The summed E-state index contributed by atoms with van der Waals surface area (Å²) < 4.78 is 21.8. The van der Waals surface area contributed by atoms with E-state index in [0.717, 1.165) is 11.3 Å². The maximum Gasteiger partial charge on any atom is 0.182 e. The van der Waals surface area contributed by atoms with Crippen LogP contribution in [0.3, 0.4) is 0 Å². The highest BCUT2D eigenvalue weighted by Gasteiger charge is 2.09. The Balaban J connectivity index is 2.35. The summed E-state index contributed by atoms with van der Waals surface area (Å²) in [5.41, 5.74) is 0. The minimum Gasteiger partial charge on any atom is -0.292 e. The van der Waals surface area contributed by atoms with Gasteiger partial charge in [0.05, 0.1) is 16.4 Å². The average Bonchev–Trinajstić information content (AvgIpc) is 2.71. The second kappa shape index (κ2) is 6.56. The number of thiophene rings is 1. The Labute approximate surface area is 111 Å². The smallest absolute Gasteiger partial charge is 0.182 e. The van der Waals surface area contributed by atoms with Crippen molar-refractivity contribution >= 4 is 38.7 Å². The fourth-order valence-corrected chi connectivity index (χ4v) is 4.31. The number of hydrogen-bond acceptors (Lipinski definition) is 5. The van der Waals surface area contributed by atoms with Gasteiger partial charge in [0.15, 0.2) is 5.78 Å². The van der Waals surface area contributed by atoms with E-state index in [4.69, 9.17) is 0 Å². The number of Topliss-reactive ketones (excluding diaryl/α,β-unsaturated/α-hetero) is 1. The molecule has 0 radical (unpaired) electrons. The van der Waals surface area contributed by atoms with Crippen LogP contribution in [0.2, 0.25) is 0 Å². The number of carbonyl (C=O) groups is 1.